The van der Waals surface area contributed by atoms with Crippen LogP contribution in [0.4, 0.5) is 0 Å². The van der Waals surface area contributed by atoms with E-state index in [1.54, 1.807) is 14.2 Å². The van der Waals surface area contributed by atoms with Crippen molar-refractivity contribution in [2.24, 2.45) is 0 Å². The van der Waals surface area contributed by atoms with Crippen molar-refractivity contribution >= 4 is 0 Å². The molecule has 0 saturated carbocycles. The zero-order chi connectivity index (χ0) is 13.5. The van der Waals surface area contributed by atoms with Gasteiger partial charge in [-0.15, -0.1) is 0 Å². The Bertz CT molecular complexity index is 390. The highest BCUT2D eigenvalue weighted by atomic mass is 16.5. The molecule has 19 heavy (non-hydrogen) atoms. The van der Waals surface area contributed by atoms with Crippen molar-refractivity contribution in [3.05, 3.63) is 23.8 Å². The first-order valence-corrected chi connectivity index (χ1v) is 6.98. The van der Waals surface area contributed by atoms with Crippen molar-refractivity contribution in [3.63, 3.8) is 0 Å². The minimum Gasteiger partial charge on any atom is -0.493 e. The second kappa shape index (κ2) is 7.36. The van der Waals surface area contributed by atoms with Crippen LogP contribution in [0.1, 0.15) is 24.8 Å². The third-order valence-corrected chi connectivity index (χ3v) is 3.61. The van der Waals surface area contributed by atoms with Crippen LogP contribution in [0.2, 0.25) is 0 Å². The number of benzene rings is 1. The van der Waals surface area contributed by atoms with Gasteiger partial charge in [-0.1, -0.05) is 6.07 Å². The lowest BCUT2D eigenvalue weighted by molar-refractivity contribution is 0.354. The normalized spacial score (nSPS) is 18.5. The first-order chi connectivity index (χ1) is 9.33. The van der Waals surface area contributed by atoms with Crippen molar-refractivity contribution in [1.29, 1.82) is 0 Å². The molecular weight excluding hydrogens is 240 g/mol. The summed E-state index contributed by atoms with van der Waals surface area (Å²) in [4.78, 5) is 0. The first kappa shape index (κ1) is 14.2. The lowest BCUT2D eigenvalue weighted by atomic mass is 10.1. The van der Waals surface area contributed by atoms with E-state index in [0.717, 1.165) is 24.6 Å². The third-order valence-electron chi connectivity index (χ3n) is 3.61. The van der Waals surface area contributed by atoms with Gasteiger partial charge in [-0.25, -0.2) is 0 Å². The lowest BCUT2D eigenvalue weighted by Crippen LogP contribution is -2.26. The molecule has 2 rings (SSSR count). The van der Waals surface area contributed by atoms with Crippen LogP contribution < -0.4 is 20.1 Å². The fourth-order valence-electron chi connectivity index (χ4n) is 2.50. The smallest absolute Gasteiger partial charge is 0.161 e. The van der Waals surface area contributed by atoms with Gasteiger partial charge in [0.25, 0.3) is 0 Å². The lowest BCUT2D eigenvalue weighted by Gasteiger charge is -2.12. The van der Waals surface area contributed by atoms with E-state index in [-0.39, 0.29) is 0 Å². The van der Waals surface area contributed by atoms with Crippen molar-refractivity contribution in [1.82, 2.24) is 10.6 Å². The quantitative estimate of drug-likeness (QED) is 0.739. The summed E-state index contributed by atoms with van der Waals surface area (Å²) in [5.74, 6) is 1.57. The van der Waals surface area contributed by atoms with Crippen molar-refractivity contribution in [3.8, 4) is 11.5 Å². The van der Waals surface area contributed by atoms with E-state index in [9.17, 15) is 0 Å². The number of rotatable bonds is 7. The standard InChI is InChI=1S/C15H24N2O2/c1-18-14-6-5-12(10-15(14)19-2)11-16-9-7-13-4-3-8-17-13/h5-6,10,13,16-17H,3-4,7-9,11H2,1-2H3. The van der Waals surface area contributed by atoms with E-state index in [4.69, 9.17) is 9.47 Å². The van der Waals surface area contributed by atoms with Crippen LogP contribution >= 0.6 is 0 Å². The molecule has 2 N–H and O–H groups in total. The van der Waals surface area contributed by atoms with Gasteiger partial charge in [0.05, 0.1) is 14.2 Å². The van der Waals surface area contributed by atoms with Crippen molar-refractivity contribution < 1.29 is 9.47 Å². The van der Waals surface area contributed by atoms with E-state index in [2.05, 4.69) is 16.7 Å². The van der Waals surface area contributed by atoms with Gasteiger partial charge in [-0.3, -0.25) is 0 Å². The molecular formula is C15H24N2O2. The molecule has 4 heteroatoms. The van der Waals surface area contributed by atoms with E-state index >= 15 is 0 Å². The predicted molar refractivity (Wildman–Crippen MR) is 76.9 cm³/mol. The topological polar surface area (TPSA) is 42.5 Å². The van der Waals surface area contributed by atoms with E-state index < -0.39 is 0 Å². The maximum Gasteiger partial charge on any atom is 0.161 e. The van der Waals surface area contributed by atoms with Crippen LogP contribution in [0.15, 0.2) is 18.2 Å². The summed E-state index contributed by atoms with van der Waals surface area (Å²) < 4.78 is 10.5. The molecule has 0 amide bonds. The average Bonchev–Trinajstić information content (AvgIpc) is 2.96. The molecule has 106 valence electrons. The zero-order valence-corrected chi connectivity index (χ0v) is 11.9. The van der Waals surface area contributed by atoms with E-state index in [1.165, 1.54) is 31.4 Å². The van der Waals surface area contributed by atoms with Crippen molar-refractivity contribution in [2.75, 3.05) is 27.3 Å². The monoisotopic (exact) mass is 264 g/mol. The SMILES string of the molecule is COc1ccc(CNCCC2CCCN2)cc1OC. The predicted octanol–water partition coefficient (Wildman–Crippen LogP) is 1.94. The zero-order valence-electron chi connectivity index (χ0n) is 11.9. The molecule has 0 bridgehead atoms. The highest BCUT2D eigenvalue weighted by Gasteiger charge is 2.12. The summed E-state index contributed by atoms with van der Waals surface area (Å²) in [6.45, 7) is 3.10. The van der Waals surface area contributed by atoms with Gasteiger partial charge in [0.15, 0.2) is 11.5 Å². The Morgan fingerprint density at radius 3 is 2.79 bits per heavy atom. The highest BCUT2D eigenvalue weighted by Crippen LogP contribution is 2.27. The molecule has 0 spiro atoms. The fourth-order valence-corrected chi connectivity index (χ4v) is 2.50. The van der Waals surface area contributed by atoms with Crippen LogP contribution in [0, 0.1) is 0 Å². The average molecular weight is 264 g/mol. The van der Waals surface area contributed by atoms with Crippen molar-refractivity contribution in [2.45, 2.75) is 31.8 Å². The second-order valence-electron chi connectivity index (χ2n) is 4.95. The molecule has 1 aromatic rings. The van der Waals surface area contributed by atoms with Crippen LogP contribution in [-0.4, -0.2) is 33.4 Å². The highest BCUT2D eigenvalue weighted by molar-refractivity contribution is 5.42. The summed E-state index contributed by atoms with van der Waals surface area (Å²) in [6, 6.07) is 6.76. The molecule has 1 saturated heterocycles. The summed E-state index contributed by atoms with van der Waals surface area (Å²) >= 11 is 0. The Balaban J connectivity index is 1.75. The van der Waals surface area contributed by atoms with Crippen LogP contribution in [0.5, 0.6) is 11.5 Å². The Morgan fingerprint density at radius 2 is 2.11 bits per heavy atom. The molecule has 0 radical (unpaired) electrons. The van der Waals surface area contributed by atoms with E-state index in [0.29, 0.717) is 6.04 Å². The fraction of sp³-hybridized carbons (Fsp3) is 0.600. The van der Waals surface area contributed by atoms with Crippen LogP contribution in [-0.2, 0) is 6.54 Å². The molecule has 1 aliphatic heterocycles. The van der Waals surface area contributed by atoms with Crippen LogP contribution in [0.25, 0.3) is 0 Å². The third kappa shape index (κ3) is 4.11. The Morgan fingerprint density at radius 1 is 1.26 bits per heavy atom. The number of nitrogens with one attached hydrogen (secondary N) is 2. The van der Waals surface area contributed by atoms with Gasteiger partial charge in [-0.05, 0) is 50.0 Å². The van der Waals surface area contributed by atoms with Gasteiger partial charge >= 0.3 is 0 Å². The van der Waals surface area contributed by atoms with E-state index in [1.807, 2.05) is 12.1 Å². The summed E-state index contributed by atoms with van der Waals surface area (Å²) in [5.41, 5.74) is 1.22. The second-order valence-corrected chi connectivity index (χ2v) is 4.95. The summed E-state index contributed by atoms with van der Waals surface area (Å²) in [7, 11) is 3.32. The van der Waals surface area contributed by atoms with Gasteiger partial charge < -0.3 is 20.1 Å². The minimum absolute atomic E-state index is 0.706. The minimum atomic E-state index is 0.706. The number of ether oxygens (including phenoxy) is 2. The Hall–Kier alpha value is -1.26. The largest absolute Gasteiger partial charge is 0.493 e. The molecule has 4 nitrogen and oxygen atoms in total. The molecule has 1 fully saturated rings. The maximum absolute atomic E-state index is 5.30. The molecule has 1 heterocycles. The Kier molecular flexibility index (Phi) is 5.48. The number of hydrogen-bond donors (Lipinski definition) is 2. The van der Waals surface area contributed by atoms with Gasteiger partial charge in [0.1, 0.15) is 0 Å². The van der Waals surface area contributed by atoms with Gasteiger partial charge in [-0.2, -0.15) is 0 Å². The number of hydrogen-bond acceptors (Lipinski definition) is 4. The molecule has 0 aromatic heterocycles. The van der Waals surface area contributed by atoms with Crippen LogP contribution in [0.3, 0.4) is 0 Å². The Labute approximate surface area is 115 Å². The summed E-state index contributed by atoms with van der Waals surface area (Å²) in [6.07, 6.45) is 3.84. The van der Waals surface area contributed by atoms with Gasteiger partial charge in [0.2, 0.25) is 0 Å². The molecule has 1 aliphatic rings. The molecule has 1 unspecified atom stereocenters. The molecule has 1 atom stereocenters. The number of methoxy groups -OCH3 is 2. The first-order valence-electron chi connectivity index (χ1n) is 6.98. The molecule has 0 aliphatic carbocycles. The van der Waals surface area contributed by atoms with Gasteiger partial charge in [0, 0.05) is 12.6 Å². The molecule has 1 aromatic carbocycles. The maximum atomic E-state index is 5.30. The summed E-state index contributed by atoms with van der Waals surface area (Å²) in [5, 5.41) is 6.99.